The lowest BCUT2D eigenvalue weighted by molar-refractivity contribution is 0.600. The van der Waals surface area contributed by atoms with Crippen LogP contribution in [0.3, 0.4) is 0 Å². The van der Waals surface area contributed by atoms with E-state index < -0.39 is 10.0 Å². The van der Waals surface area contributed by atoms with Crippen LogP contribution in [0.4, 0.5) is 11.6 Å². The van der Waals surface area contributed by atoms with E-state index in [4.69, 9.17) is 5.73 Å². The number of nitrogens with one attached hydrogen (secondary N) is 2. The third-order valence-corrected chi connectivity index (χ3v) is 3.17. The molecule has 16 heavy (non-hydrogen) atoms. The van der Waals surface area contributed by atoms with Gasteiger partial charge in [0.25, 0.3) is 10.0 Å². The van der Waals surface area contributed by atoms with Crippen LogP contribution in [0, 0.1) is 0 Å². The van der Waals surface area contributed by atoms with Crippen LogP contribution in [0.15, 0.2) is 35.5 Å². The Bertz CT molecular complexity index is 561. The average molecular weight is 239 g/mol. The average Bonchev–Trinajstić information content (AvgIpc) is 2.70. The highest BCUT2D eigenvalue weighted by Gasteiger charge is 2.14. The number of rotatable bonds is 3. The Labute approximate surface area is 91.8 Å². The molecule has 0 saturated heterocycles. The molecule has 2 heterocycles. The highest BCUT2D eigenvalue weighted by molar-refractivity contribution is 7.92. The molecule has 0 saturated carbocycles. The van der Waals surface area contributed by atoms with Crippen LogP contribution in [0.2, 0.25) is 0 Å². The fourth-order valence-corrected chi connectivity index (χ4v) is 2.03. The minimum atomic E-state index is -3.64. The Hall–Kier alpha value is -2.09. The third-order valence-electron chi connectivity index (χ3n) is 1.81. The molecule has 0 spiro atoms. The monoisotopic (exact) mass is 239 g/mol. The fraction of sp³-hybridized carbons (Fsp3) is 0. The predicted molar refractivity (Wildman–Crippen MR) is 58.0 cm³/mol. The van der Waals surface area contributed by atoms with E-state index >= 15 is 0 Å². The van der Waals surface area contributed by atoms with Crippen LogP contribution in [-0.2, 0) is 10.0 Å². The van der Waals surface area contributed by atoms with E-state index in [0.29, 0.717) is 0 Å². The van der Waals surface area contributed by atoms with Gasteiger partial charge in [-0.2, -0.15) is 5.10 Å². The molecule has 0 unspecified atom stereocenters. The Morgan fingerprint density at radius 2 is 2.12 bits per heavy atom. The maximum Gasteiger partial charge on any atom is 0.264 e. The van der Waals surface area contributed by atoms with Crippen molar-refractivity contribution in [2.45, 2.75) is 4.90 Å². The van der Waals surface area contributed by atoms with Gasteiger partial charge in [-0.05, 0) is 12.1 Å². The summed E-state index contributed by atoms with van der Waals surface area (Å²) in [5, 5.41) is 6.12. The van der Waals surface area contributed by atoms with E-state index in [9.17, 15) is 8.42 Å². The van der Waals surface area contributed by atoms with E-state index in [1.165, 1.54) is 30.6 Å². The molecule has 0 radical (unpaired) electrons. The first kappa shape index (κ1) is 10.4. The summed E-state index contributed by atoms with van der Waals surface area (Å²) in [7, 11) is -3.64. The molecule has 0 bridgehead atoms. The van der Waals surface area contributed by atoms with E-state index in [2.05, 4.69) is 19.9 Å². The van der Waals surface area contributed by atoms with Gasteiger partial charge < -0.3 is 5.73 Å². The first-order valence-corrected chi connectivity index (χ1v) is 5.80. The lowest BCUT2D eigenvalue weighted by atomic mass is 10.5. The van der Waals surface area contributed by atoms with E-state index in [1.807, 2.05) is 0 Å². The Balaban J connectivity index is 2.29. The number of pyridine rings is 1. The topological polar surface area (TPSA) is 114 Å². The summed E-state index contributed by atoms with van der Waals surface area (Å²) in [6.07, 6.45) is 2.63. The summed E-state index contributed by atoms with van der Waals surface area (Å²) in [4.78, 5) is 3.75. The maximum absolute atomic E-state index is 11.8. The molecule has 0 aliphatic heterocycles. The van der Waals surface area contributed by atoms with Gasteiger partial charge in [-0.25, -0.2) is 13.4 Å². The normalized spacial score (nSPS) is 11.2. The second kappa shape index (κ2) is 3.81. The van der Waals surface area contributed by atoms with E-state index in [1.54, 1.807) is 0 Å². The van der Waals surface area contributed by atoms with Crippen LogP contribution in [-0.4, -0.2) is 23.6 Å². The first-order chi connectivity index (χ1) is 7.58. The lowest BCUT2D eigenvalue weighted by Gasteiger charge is -2.04. The number of nitrogens with two attached hydrogens (primary N) is 1. The molecule has 0 aliphatic rings. The highest BCUT2D eigenvalue weighted by atomic mass is 32.2. The number of aromatic amines is 1. The third kappa shape index (κ3) is 2.11. The molecule has 8 heteroatoms. The number of aromatic nitrogens is 3. The zero-order chi connectivity index (χ0) is 11.6. The highest BCUT2D eigenvalue weighted by Crippen LogP contribution is 2.13. The number of nitrogen functional groups attached to an aromatic ring is 1. The van der Waals surface area contributed by atoms with Gasteiger partial charge in [0.2, 0.25) is 0 Å². The summed E-state index contributed by atoms with van der Waals surface area (Å²) in [5.74, 6) is 0.553. The molecule has 7 nitrogen and oxygen atoms in total. The summed E-state index contributed by atoms with van der Waals surface area (Å²) in [6, 6.07) is 4.30. The second-order valence-electron chi connectivity index (χ2n) is 2.99. The van der Waals surface area contributed by atoms with Gasteiger partial charge in [-0.3, -0.25) is 9.82 Å². The molecule has 2 aromatic heterocycles. The number of sulfonamides is 1. The van der Waals surface area contributed by atoms with Gasteiger partial charge in [0.1, 0.15) is 16.5 Å². The lowest BCUT2D eigenvalue weighted by Crippen LogP contribution is -2.13. The molecular weight excluding hydrogens is 230 g/mol. The first-order valence-electron chi connectivity index (χ1n) is 4.32. The Morgan fingerprint density at radius 1 is 1.31 bits per heavy atom. The van der Waals surface area contributed by atoms with Crippen molar-refractivity contribution in [3.8, 4) is 0 Å². The summed E-state index contributed by atoms with van der Waals surface area (Å²) in [5.41, 5.74) is 5.36. The number of H-pyrrole nitrogens is 1. The minimum absolute atomic E-state index is 0.0382. The molecule has 4 N–H and O–H groups in total. The number of anilines is 2. The molecule has 0 aromatic carbocycles. The Kier molecular flexibility index (Phi) is 2.49. The second-order valence-corrected chi connectivity index (χ2v) is 4.68. The SMILES string of the molecule is Nc1ccc(S(=O)(=O)Nc2ccn[nH]2)cn1. The zero-order valence-electron chi connectivity index (χ0n) is 8.08. The van der Waals surface area contributed by atoms with Crippen molar-refractivity contribution in [3.63, 3.8) is 0 Å². The van der Waals surface area contributed by atoms with Crippen molar-refractivity contribution in [1.82, 2.24) is 15.2 Å². The van der Waals surface area contributed by atoms with Crippen LogP contribution < -0.4 is 10.5 Å². The van der Waals surface area contributed by atoms with Crippen LogP contribution in [0.5, 0.6) is 0 Å². The zero-order valence-corrected chi connectivity index (χ0v) is 8.90. The molecule has 2 rings (SSSR count). The number of hydrogen-bond donors (Lipinski definition) is 3. The summed E-state index contributed by atoms with van der Waals surface area (Å²) >= 11 is 0. The van der Waals surface area contributed by atoms with Crippen molar-refractivity contribution >= 4 is 21.7 Å². The van der Waals surface area contributed by atoms with Crippen molar-refractivity contribution < 1.29 is 8.42 Å². The number of nitrogens with zero attached hydrogens (tertiary/aromatic N) is 2. The van der Waals surface area contributed by atoms with Crippen LogP contribution in [0.25, 0.3) is 0 Å². The molecule has 2 aromatic rings. The molecular formula is C8H9N5O2S. The molecule has 0 aliphatic carbocycles. The van der Waals surface area contributed by atoms with Crippen molar-refractivity contribution in [2.24, 2.45) is 0 Å². The molecule has 84 valence electrons. The quantitative estimate of drug-likeness (QED) is 0.707. The van der Waals surface area contributed by atoms with Gasteiger partial charge in [0, 0.05) is 12.3 Å². The van der Waals surface area contributed by atoms with Crippen LogP contribution >= 0.6 is 0 Å². The van der Waals surface area contributed by atoms with Gasteiger partial charge in [0.05, 0.1) is 6.20 Å². The van der Waals surface area contributed by atoms with Gasteiger partial charge in [-0.15, -0.1) is 0 Å². The molecule has 0 fully saturated rings. The number of hydrogen-bond acceptors (Lipinski definition) is 5. The summed E-state index contributed by atoms with van der Waals surface area (Å²) < 4.78 is 25.8. The standard InChI is InChI=1S/C8H9N5O2S/c9-7-2-1-6(5-10-7)16(14,15)13-8-3-4-11-12-8/h1-5H,(H2,9,10)(H2,11,12,13). The Morgan fingerprint density at radius 3 is 2.69 bits per heavy atom. The fourth-order valence-electron chi connectivity index (χ4n) is 1.07. The van der Waals surface area contributed by atoms with Crippen molar-refractivity contribution in [1.29, 1.82) is 0 Å². The maximum atomic E-state index is 11.8. The van der Waals surface area contributed by atoms with Gasteiger partial charge in [0.15, 0.2) is 0 Å². The predicted octanol–water partition coefficient (Wildman–Crippen LogP) is 0.188. The van der Waals surface area contributed by atoms with E-state index in [0.717, 1.165) is 0 Å². The van der Waals surface area contributed by atoms with Gasteiger partial charge in [-0.1, -0.05) is 0 Å². The molecule has 0 atom stereocenters. The van der Waals surface area contributed by atoms with Crippen molar-refractivity contribution in [2.75, 3.05) is 10.5 Å². The van der Waals surface area contributed by atoms with E-state index in [-0.39, 0.29) is 16.5 Å². The largest absolute Gasteiger partial charge is 0.384 e. The van der Waals surface area contributed by atoms with Crippen LogP contribution in [0.1, 0.15) is 0 Å². The van der Waals surface area contributed by atoms with Crippen molar-refractivity contribution in [3.05, 3.63) is 30.6 Å². The minimum Gasteiger partial charge on any atom is -0.384 e. The smallest absolute Gasteiger partial charge is 0.264 e. The molecule has 0 amide bonds. The van der Waals surface area contributed by atoms with Gasteiger partial charge >= 0.3 is 0 Å². The summed E-state index contributed by atoms with van der Waals surface area (Å²) in [6.45, 7) is 0.